The highest BCUT2D eigenvalue weighted by molar-refractivity contribution is 5.94. The van der Waals surface area contributed by atoms with Gasteiger partial charge in [-0.15, -0.1) is 0 Å². The van der Waals surface area contributed by atoms with E-state index in [9.17, 15) is 4.79 Å². The molecule has 1 amide bonds. The van der Waals surface area contributed by atoms with Crippen LogP contribution in [0.5, 0.6) is 0 Å². The Morgan fingerprint density at radius 2 is 2.21 bits per heavy atom. The van der Waals surface area contributed by atoms with Crippen LogP contribution in [0.1, 0.15) is 16.2 Å². The van der Waals surface area contributed by atoms with Gasteiger partial charge in [-0.25, -0.2) is 9.97 Å². The molecule has 19 heavy (non-hydrogen) atoms. The zero-order chi connectivity index (χ0) is 13.7. The molecular weight excluding hydrogens is 242 g/mol. The summed E-state index contributed by atoms with van der Waals surface area (Å²) >= 11 is 0. The maximum absolute atomic E-state index is 12.0. The van der Waals surface area contributed by atoms with Gasteiger partial charge in [0.25, 0.3) is 5.91 Å². The van der Waals surface area contributed by atoms with Crippen LogP contribution in [0.3, 0.4) is 0 Å². The lowest BCUT2D eigenvalue weighted by Crippen LogP contribution is -2.26. The Hall–Kier alpha value is -2.37. The molecule has 0 aliphatic heterocycles. The first-order valence-corrected chi connectivity index (χ1v) is 6.06. The number of hydrogen-bond acceptors (Lipinski definition) is 4. The van der Waals surface area contributed by atoms with Gasteiger partial charge in [-0.2, -0.15) is 0 Å². The lowest BCUT2D eigenvalue weighted by Gasteiger charge is -2.12. The molecule has 6 heteroatoms. The van der Waals surface area contributed by atoms with Crippen molar-refractivity contribution in [2.75, 3.05) is 25.5 Å². The van der Waals surface area contributed by atoms with Gasteiger partial charge in [0.2, 0.25) is 0 Å². The SMILES string of the molecule is CN(C)c1cc(C(=O)NCCc2ncc[nH]2)ccn1. The maximum Gasteiger partial charge on any atom is 0.251 e. The molecule has 0 aliphatic rings. The summed E-state index contributed by atoms with van der Waals surface area (Å²) in [6.07, 6.45) is 5.79. The third-order valence-corrected chi connectivity index (χ3v) is 2.67. The molecule has 6 nitrogen and oxygen atoms in total. The molecule has 2 heterocycles. The smallest absolute Gasteiger partial charge is 0.251 e. The number of aromatic nitrogens is 3. The van der Waals surface area contributed by atoms with Crippen LogP contribution in [-0.2, 0) is 6.42 Å². The van der Waals surface area contributed by atoms with Gasteiger partial charge < -0.3 is 15.2 Å². The van der Waals surface area contributed by atoms with Crippen molar-refractivity contribution in [2.24, 2.45) is 0 Å². The van der Waals surface area contributed by atoms with Gasteiger partial charge >= 0.3 is 0 Å². The fourth-order valence-corrected chi connectivity index (χ4v) is 1.64. The van der Waals surface area contributed by atoms with Crippen molar-refractivity contribution in [3.8, 4) is 0 Å². The van der Waals surface area contributed by atoms with Gasteiger partial charge in [-0.05, 0) is 12.1 Å². The number of pyridine rings is 1. The van der Waals surface area contributed by atoms with Crippen molar-refractivity contribution in [3.05, 3.63) is 42.1 Å². The van der Waals surface area contributed by atoms with E-state index >= 15 is 0 Å². The highest BCUT2D eigenvalue weighted by Gasteiger charge is 2.07. The first-order valence-electron chi connectivity index (χ1n) is 6.06. The Labute approximate surface area is 111 Å². The first kappa shape index (κ1) is 13.1. The molecule has 0 aliphatic carbocycles. The van der Waals surface area contributed by atoms with Gasteiger partial charge in [-0.3, -0.25) is 4.79 Å². The van der Waals surface area contributed by atoms with Crippen LogP contribution >= 0.6 is 0 Å². The summed E-state index contributed by atoms with van der Waals surface area (Å²) in [6.45, 7) is 0.548. The van der Waals surface area contributed by atoms with E-state index in [1.807, 2.05) is 19.0 Å². The number of nitrogens with zero attached hydrogens (tertiary/aromatic N) is 3. The standard InChI is InChI=1S/C13H17N5O/c1-18(2)12-9-10(3-5-16-12)13(19)17-6-4-11-14-7-8-15-11/h3,5,7-9H,4,6H2,1-2H3,(H,14,15)(H,17,19). The lowest BCUT2D eigenvalue weighted by molar-refractivity contribution is 0.0954. The number of amides is 1. The van der Waals surface area contributed by atoms with Crippen LogP contribution in [0.15, 0.2) is 30.7 Å². The minimum absolute atomic E-state index is 0.0999. The lowest BCUT2D eigenvalue weighted by atomic mass is 10.2. The van der Waals surface area contributed by atoms with E-state index in [0.29, 0.717) is 18.5 Å². The number of hydrogen-bond donors (Lipinski definition) is 2. The van der Waals surface area contributed by atoms with Crippen LogP contribution in [-0.4, -0.2) is 41.5 Å². The molecule has 0 bridgehead atoms. The van der Waals surface area contributed by atoms with E-state index < -0.39 is 0 Å². The third kappa shape index (κ3) is 3.54. The van der Waals surface area contributed by atoms with E-state index in [1.54, 1.807) is 30.7 Å². The van der Waals surface area contributed by atoms with Gasteiger partial charge in [0.05, 0.1) is 0 Å². The zero-order valence-electron chi connectivity index (χ0n) is 11.1. The average Bonchev–Trinajstić information content (AvgIpc) is 2.92. The van der Waals surface area contributed by atoms with Crippen LogP contribution in [0.25, 0.3) is 0 Å². The molecule has 0 saturated carbocycles. The molecule has 2 aromatic rings. The summed E-state index contributed by atoms with van der Waals surface area (Å²) in [4.78, 5) is 25.1. The van der Waals surface area contributed by atoms with E-state index in [-0.39, 0.29) is 5.91 Å². The van der Waals surface area contributed by atoms with E-state index in [2.05, 4.69) is 20.3 Å². The predicted octanol–water partition coefficient (Wildman–Crippen LogP) is 0.843. The van der Waals surface area contributed by atoms with Crippen molar-refractivity contribution in [2.45, 2.75) is 6.42 Å². The van der Waals surface area contributed by atoms with Gasteiger partial charge in [-0.1, -0.05) is 0 Å². The molecular formula is C13H17N5O. The van der Waals surface area contributed by atoms with Crippen LogP contribution in [0.2, 0.25) is 0 Å². The summed E-state index contributed by atoms with van der Waals surface area (Å²) < 4.78 is 0. The third-order valence-electron chi connectivity index (χ3n) is 2.67. The summed E-state index contributed by atoms with van der Waals surface area (Å²) in [5.74, 6) is 1.53. The van der Waals surface area contributed by atoms with Crippen molar-refractivity contribution in [1.82, 2.24) is 20.3 Å². The normalized spacial score (nSPS) is 10.2. The van der Waals surface area contributed by atoms with E-state index in [4.69, 9.17) is 0 Å². The fourth-order valence-electron chi connectivity index (χ4n) is 1.64. The number of nitrogens with one attached hydrogen (secondary N) is 2. The number of imidazole rings is 1. The van der Waals surface area contributed by atoms with Crippen LogP contribution < -0.4 is 10.2 Å². The van der Waals surface area contributed by atoms with Crippen molar-refractivity contribution < 1.29 is 4.79 Å². The topological polar surface area (TPSA) is 73.9 Å². The van der Waals surface area contributed by atoms with Crippen LogP contribution in [0.4, 0.5) is 5.82 Å². The minimum Gasteiger partial charge on any atom is -0.363 e. The summed E-state index contributed by atoms with van der Waals surface area (Å²) in [5, 5.41) is 2.86. The fraction of sp³-hybridized carbons (Fsp3) is 0.308. The summed E-state index contributed by atoms with van der Waals surface area (Å²) in [6, 6.07) is 3.47. The number of rotatable bonds is 5. The molecule has 2 N–H and O–H groups in total. The molecule has 0 saturated heterocycles. The Bertz CT molecular complexity index is 536. The first-order chi connectivity index (χ1) is 9.16. The van der Waals surface area contributed by atoms with Crippen LogP contribution in [0, 0.1) is 0 Å². The predicted molar refractivity (Wildman–Crippen MR) is 73.2 cm³/mol. The summed E-state index contributed by atoms with van der Waals surface area (Å²) in [5.41, 5.74) is 0.609. The second kappa shape index (κ2) is 5.99. The Balaban J connectivity index is 1.90. The molecule has 0 radical (unpaired) electrons. The highest BCUT2D eigenvalue weighted by Crippen LogP contribution is 2.09. The monoisotopic (exact) mass is 259 g/mol. The Kier molecular flexibility index (Phi) is 4.12. The molecule has 0 unspecified atom stereocenters. The van der Waals surface area contributed by atoms with Crippen molar-refractivity contribution in [3.63, 3.8) is 0 Å². The largest absolute Gasteiger partial charge is 0.363 e. The van der Waals surface area contributed by atoms with Crippen molar-refractivity contribution >= 4 is 11.7 Å². The molecule has 100 valence electrons. The quantitative estimate of drug-likeness (QED) is 0.834. The summed E-state index contributed by atoms with van der Waals surface area (Å²) in [7, 11) is 3.78. The molecule has 0 spiro atoms. The number of carbonyl (C=O) groups is 1. The average molecular weight is 259 g/mol. The number of H-pyrrole nitrogens is 1. The van der Waals surface area contributed by atoms with E-state index in [1.165, 1.54) is 0 Å². The zero-order valence-corrected chi connectivity index (χ0v) is 11.1. The second-order valence-corrected chi connectivity index (χ2v) is 4.34. The Morgan fingerprint density at radius 3 is 2.89 bits per heavy atom. The second-order valence-electron chi connectivity index (χ2n) is 4.34. The molecule has 2 aromatic heterocycles. The Morgan fingerprint density at radius 1 is 1.37 bits per heavy atom. The highest BCUT2D eigenvalue weighted by atomic mass is 16.1. The van der Waals surface area contributed by atoms with Gasteiger partial charge in [0.15, 0.2) is 0 Å². The molecule has 0 atom stereocenters. The molecule has 0 aromatic carbocycles. The molecule has 2 rings (SSSR count). The maximum atomic E-state index is 12.0. The van der Waals surface area contributed by atoms with Gasteiger partial charge in [0, 0.05) is 51.2 Å². The van der Waals surface area contributed by atoms with E-state index in [0.717, 1.165) is 11.6 Å². The minimum atomic E-state index is -0.0999. The van der Waals surface area contributed by atoms with Crippen molar-refractivity contribution in [1.29, 1.82) is 0 Å². The molecule has 0 fully saturated rings. The number of aromatic amines is 1. The number of anilines is 1. The number of carbonyl (C=O) groups excluding carboxylic acids is 1. The van der Waals surface area contributed by atoms with Gasteiger partial charge in [0.1, 0.15) is 11.6 Å².